The van der Waals surface area contributed by atoms with Crippen LogP contribution in [0.5, 0.6) is 11.5 Å². The van der Waals surface area contributed by atoms with Crippen LogP contribution in [-0.4, -0.2) is 40.7 Å². The van der Waals surface area contributed by atoms with Gasteiger partial charge in [-0.2, -0.15) is 0 Å². The molecule has 0 radical (unpaired) electrons. The molecule has 0 spiro atoms. The van der Waals surface area contributed by atoms with Crippen LogP contribution in [0.15, 0.2) is 77.1 Å². The number of aliphatic carboxylic acids is 1. The van der Waals surface area contributed by atoms with Crippen molar-refractivity contribution in [2.45, 2.75) is 64.4 Å². The third kappa shape index (κ3) is 5.69. The summed E-state index contributed by atoms with van der Waals surface area (Å²) < 4.78 is 13.4. The summed E-state index contributed by atoms with van der Waals surface area (Å²) in [5.74, 6) is -0.140. The first-order valence-electron chi connectivity index (χ1n) is 14.9. The molecule has 0 saturated heterocycles. The van der Waals surface area contributed by atoms with E-state index in [-0.39, 0.29) is 24.5 Å². The van der Waals surface area contributed by atoms with E-state index in [2.05, 4.69) is 46.9 Å². The molecule has 1 aliphatic heterocycles. The number of ketones is 2. The molecule has 6 rings (SSSR count). The van der Waals surface area contributed by atoms with E-state index in [4.69, 9.17) is 9.47 Å². The minimum atomic E-state index is -0.898. The Kier molecular flexibility index (Phi) is 8.56. The Morgan fingerprint density at radius 3 is 2.28 bits per heavy atom. The molecular formula is C35H34INO6. The highest BCUT2D eigenvalue weighted by Crippen LogP contribution is 2.50. The van der Waals surface area contributed by atoms with Gasteiger partial charge in [-0.3, -0.25) is 14.4 Å². The molecule has 0 atom stereocenters. The highest BCUT2D eigenvalue weighted by molar-refractivity contribution is 14.1. The highest BCUT2D eigenvalue weighted by Gasteiger charge is 2.43. The molecule has 7 nitrogen and oxygen atoms in total. The lowest BCUT2D eigenvalue weighted by molar-refractivity contribution is -0.137. The third-order valence-corrected chi connectivity index (χ3v) is 9.35. The first kappa shape index (κ1) is 29.4. The second-order valence-corrected chi connectivity index (χ2v) is 12.4. The third-order valence-electron chi connectivity index (χ3n) is 8.55. The number of ether oxygens (including phenoxy) is 2. The van der Waals surface area contributed by atoms with Crippen molar-refractivity contribution in [3.63, 3.8) is 0 Å². The second-order valence-electron chi connectivity index (χ2n) is 11.2. The molecule has 0 saturated carbocycles. The van der Waals surface area contributed by atoms with Gasteiger partial charge in [-0.15, -0.1) is 0 Å². The number of fused-ring (bicyclic) bond motifs is 1. The fourth-order valence-electron chi connectivity index (χ4n) is 6.75. The van der Waals surface area contributed by atoms with Crippen LogP contribution in [0.2, 0.25) is 0 Å². The quantitative estimate of drug-likeness (QED) is 0.235. The van der Waals surface area contributed by atoms with Gasteiger partial charge in [0.1, 0.15) is 6.61 Å². The second kappa shape index (κ2) is 12.5. The lowest BCUT2D eigenvalue weighted by Crippen LogP contribution is -2.40. The standard InChI is InChI=1S/C35H34INO6/c1-2-42-30-19-23(18-25(36)35(30)43-20-22-10-5-9-21-8-3-4-11-24(21)22)32-33-26(12-6-14-28(33)38)37(17-16-31(40)41)27-13-7-15-29(39)34(27)32/h3-5,8-11,18-19,32H,2,6-7,12-17,20H2,1H3,(H,40,41). The zero-order valence-corrected chi connectivity index (χ0v) is 26.3. The monoisotopic (exact) mass is 691 g/mol. The minimum absolute atomic E-state index is 0.0285. The molecule has 1 N–H and O–H groups in total. The normalized spacial score (nSPS) is 17.3. The van der Waals surface area contributed by atoms with Crippen molar-refractivity contribution in [1.29, 1.82) is 0 Å². The Labute approximate surface area is 264 Å². The SMILES string of the molecule is CCOc1cc(C2C3=C(CCCC3=O)N(CCC(=O)O)C3=C2C(=O)CCC3)cc(I)c1OCc1cccc2ccccc12. The Morgan fingerprint density at radius 1 is 0.930 bits per heavy atom. The maximum absolute atomic E-state index is 13.6. The summed E-state index contributed by atoms with van der Waals surface area (Å²) in [5.41, 5.74) is 4.91. The van der Waals surface area contributed by atoms with Crippen molar-refractivity contribution in [3.05, 3.63) is 91.8 Å². The van der Waals surface area contributed by atoms with Crippen molar-refractivity contribution in [3.8, 4) is 11.5 Å². The van der Waals surface area contributed by atoms with E-state index in [0.29, 0.717) is 74.4 Å². The predicted molar refractivity (Wildman–Crippen MR) is 172 cm³/mol. The maximum atomic E-state index is 13.6. The van der Waals surface area contributed by atoms with Gasteiger partial charge in [0, 0.05) is 47.8 Å². The smallest absolute Gasteiger partial charge is 0.305 e. The van der Waals surface area contributed by atoms with Crippen molar-refractivity contribution < 1.29 is 29.0 Å². The first-order valence-corrected chi connectivity index (χ1v) is 16.0. The van der Waals surface area contributed by atoms with Gasteiger partial charge in [-0.05, 0) is 89.2 Å². The molecule has 3 aromatic carbocycles. The van der Waals surface area contributed by atoms with Crippen LogP contribution in [0, 0.1) is 3.57 Å². The highest BCUT2D eigenvalue weighted by atomic mass is 127. The molecule has 0 unspecified atom stereocenters. The fourth-order valence-corrected chi connectivity index (χ4v) is 7.53. The number of carboxylic acid groups (broad SMARTS) is 1. The number of halogens is 1. The lowest BCUT2D eigenvalue weighted by Gasteiger charge is -2.44. The number of benzene rings is 3. The van der Waals surface area contributed by atoms with Crippen LogP contribution in [-0.2, 0) is 21.0 Å². The van der Waals surface area contributed by atoms with E-state index >= 15 is 0 Å². The van der Waals surface area contributed by atoms with Crippen molar-refractivity contribution >= 4 is 50.9 Å². The van der Waals surface area contributed by atoms with Crippen LogP contribution in [0.25, 0.3) is 10.8 Å². The van der Waals surface area contributed by atoms with Crippen molar-refractivity contribution in [2.24, 2.45) is 0 Å². The molecule has 222 valence electrons. The van der Waals surface area contributed by atoms with Gasteiger partial charge >= 0.3 is 5.97 Å². The largest absolute Gasteiger partial charge is 0.490 e. The van der Waals surface area contributed by atoms with E-state index in [1.807, 2.05) is 42.2 Å². The minimum Gasteiger partial charge on any atom is -0.490 e. The van der Waals surface area contributed by atoms with E-state index in [1.165, 1.54) is 0 Å². The van der Waals surface area contributed by atoms with Crippen LogP contribution in [0.3, 0.4) is 0 Å². The van der Waals surface area contributed by atoms with Gasteiger partial charge in [-0.1, -0.05) is 42.5 Å². The van der Waals surface area contributed by atoms with Gasteiger partial charge in [-0.25, -0.2) is 0 Å². The van der Waals surface area contributed by atoms with E-state index < -0.39 is 11.9 Å². The molecule has 3 aromatic rings. The van der Waals surface area contributed by atoms with Crippen molar-refractivity contribution in [1.82, 2.24) is 4.90 Å². The molecule has 1 heterocycles. The number of hydrogen-bond acceptors (Lipinski definition) is 6. The topological polar surface area (TPSA) is 93.1 Å². The number of rotatable bonds is 9. The molecule has 43 heavy (non-hydrogen) atoms. The van der Waals surface area contributed by atoms with Gasteiger partial charge < -0.3 is 19.5 Å². The molecule has 8 heteroatoms. The lowest BCUT2D eigenvalue weighted by atomic mass is 9.71. The van der Waals surface area contributed by atoms with Gasteiger partial charge in [0.05, 0.1) is 16.6 Å². The Morgan fingerprint density at radius 2 is 1.60 bits per heavy atom. The Bertz CT molecular complexity index is 1640. The first-order chi connectivity index (χ1) is 20.9. The van der Waals surface area contributed by atoms with Crippen molar-refractivity contribution in [2.75, 3.05) is 13.2 Å². The summed E-state index contributed by atoms with van der Waals surface area (Å²) in [4.78, 5) is 40.7. The number of carbonyl (C=O) groups excluding carboxylic acids is 2. The molecule has 0 aromatic heterocycles. The number of hydrogen-bond donors (Lipinski definition) is 1. The zero-order valence-electron chi connectivity index (χ0n) is 24.2. The summed E-state index contributed by atoms with van der Waals surface area (Å²) in [5, 5.41) is 11.7. The summed E-state index contributed by atoms with van der Waals surface area (Å²) in [6.45, 7) is 2.96. The number of carbonyl (C=O) groups is 3. The summed E-state index contributed by atoms with van der Waals surface area (Å²) in [7, 11) is 0. The van der Waals surface area contributed by atoms with Crippen LogP contribution in [0.4, 0.5) is 0 Å². The van der Waals surface area contributed by atoms with Crippen LogP contribution in [0.1, 0.15) is 68.9 Å². The van der Waals surface area contributed by atoms with E-state index in [9.17, 15) is 19.5 Å². The van der Waals surface area contributed by atoms with Crippen LogP contribution < -0.4 is 9.47 Å². The van der Waals surface area contributed by atoms with Gasteiger partial charge in [0.25, 0.3) is 0 Å². The average Bonchev–Trinajstić information content (AvgIpc) is 2.99. The fraction of sp³-hybridized carbons (Fsp3) is 0.343. The summed E-state index contributed by atoms with van der Waals surface area (Å²) in [6, 6.07) is 18.3. The number of nitrogens with zero attached hydrogens (tertiary/aromatic N) is 1. The Hall–Kier alpha value is -3.66. The molecular weight excluding hydrogens is 657 g/mol. The summed E-state index contributed by atoms with van der Waals surface area (Å²) in [6.07, 6.45) is 3.57. The predicted octanol–water partition coefficient (Wildman–Crippen LogP) is 7.31. The number of carboxylic acids is 1. The van der Waals surface area contributed by atoms with Crippen LogP contribution >= 0.6 is 22.6 Å². The molecule has 3 aliphatic rings. The molecule has 2 aliphatic carbocycles. The van der Waals surface area contributed by atoms with E-state index in [0.717, 1.165) is 36.9 Å². The molecule has 0 amide bonds. The molecule has 0 fully saturated rings. The maximum Gasteiger partial charge on any atom is 0.305 e. The molecule has 0 bridgehead atoms. The number of allylic oxidation sites excluding steroid dienone is 4. The average molecular weight is 692 g/mol. The zero-order chi connectivity index (χ0) is 30.1. The summed E-state index contributed by atoms with van der Waals surface area (Å²) >= 11 is 2.26. The van der Waals surface area contributed by atoms with Gasteiger partial charge in [0.2, 0.25) is 0 Å². The Balaban J connectivity index is 1.43. The number of Topliss-reactive ketones (excluding diaryl/α,β-unsaturated/α-hetero) is 2. The van der Waals surface area contributed by atoms with Gasteiger partial charge in [0.15, 0.2) is 23.1 Å². The van der Waals surface area contributed by atoms with E-state index in [1.54, 1.807) is 0 Å².